The van der Waals surface area contributed by atoms with Crippen LogP contribution in [0.1, 0.15) is 15.9 Å². The third kappa shape index (κ3) is 3.46. The van der Waals surface area contributed by atoms with Crippen LogP contribution in [0.15, 0.2) is 42.5 Å². The van der Waals surface area contributed by atoms with E-state index in [9.17, 15) is 18.0 Å². The van der Waals surface area contributed by atoms with Crippen LogP contribution in [0.4, 0.5) is 24.5 Å². The lowest BCUT2D eigenvalue weighted by atomic mass is 10.1. The second-order valence-corrected chi connectivity index (χ2v) is 4.58. The van der Waals surface area contributed by atoms with Gasteiger partial charge in [0.05, 0.1) is 27.5 Å². The van der Waals surface area contributed by atoms with Crippen LogP contribution in [0.25, 0.3) is 0 Å². The molecule has 0 aliphatic carbocycles. The maximum atomic E-state index is 12.5. The van der Waals surface area contributed by atoms with Crippen molar-refractivity contribution < 1.29 is 23.1 Å². The molecule has 2 aromatic carbocycles. The van der Waals surface area contributed by atoms with Gasteiger partial charge in [0.2, 0.25) is 0 Å². The second kappa shape index (κ2) is 5.65. The first-order chi connectivity index (χ1) is 9.79. The third-order valence-electron chi connectivity index (χ3n) is 2.72. The number of hydrogen-bond donors (Lipinski definition) is 2. The highest BCUT2D eigenvalue weighted by Crippen LogP contribution is 2.35. The van der Waals surface area contributed by atoms with Gasteiger partial charge in [0, 0.05) is 0 Å². The minimum absolute atomic E-state index is 0.00605. The second-order valence-electron chi connectivity index (χ2n) is 4.17. The largest absolute Gasteiger partial charge is 0.478 e. The Hall–Kier alpha value is -2.21. The van der Waals surface area contributed by atoms with Crippen LogP contribution in [0.3, 0.4) is 0 Å². The van der Waals surface area contributed by atoms with Gasteiger partial charge in [-0.25, -0.2) is 4.79 Å². The fourth-order valence-electron chi connectivity index (χ4n) is 1.72. The number of nitrogens with one attached hydrogen (secondary N) is 1. The molecule has 0 radical (unpaired) electrons. The van der Waals surface area contributed by atoms with E-state index in [1.807, 2.05) is 0 Å². The zero-order valence-corrected chi connectivity index (χ0v) is 11.2. The molecule has 21 heavy (non-hydrogen) atoms. The van der Waals surface area contributed by atoms with Crippen LogP contribution in [0, 0.1) is 0 Å². The molecule has 0 saturated carbocycles. The quantitative estimate of drug-likeness (QED) is 0.855. The van der Waals surface area contributed by atoms with Gasteiger partial charge in [0.25, 0.3) is 0 Å². The van der Waals surface area contributed by atoms with Gasteiger partial charge in [0.15, 0.2) is 0 Å². The van der Waals surface area contributed by atoms with Crippen molar-refractivity contribution in [1.29, 1.82) is 0 Å². The summed E-state index contributed by atoms with van der Waals surface area (Å²) in [5, 5.41) is 11.6. The maximum absolute atomic E-state index is 12.5. The van der Waals surface area contributed by atoms with Crippen molar-refractivity contribution in [2.45, 2.75) is 6.18 Å². The van der Waals surface area contributed by atoms with Gasteiger partial charge in [-0.2, -0.15) is 13.2 Å². The molecule has 0 unspecified atom stereocenters. The minimum atomic E-state index is -4.48. The number of para-hydroxylation sites is 1. The maximum Gasteiger partial charge on any atom is 0.416 e. The Balaban J connectivity index is 2.35. The SMILES string of the molecule is O=C(O)c1ccccc1Nc1ccc(C(F)(F)F)cc1Cl. The molecule has 0 aromatic heterocycles. The van der Waals surface area contributed by atoms with Crippen molar-refractivity contribution in [3.05, 3.63) is 58.6 Å². The van der Waals surface area contributed by atoms with E-state index in [0.717, 1.165) is 18.2 Å². The summed E-state index contributed by atoms with van der Waals surface area (Å²) in [7, 11) is 0. The number of aromatic carboxylic acids is 1. The molecule has 0 fully saturated rings. The summed E-state index contributed by atoms with van der Waals surface area (Å²) in [5.41, 5.74) is -0.442. The van der Waals surface area contributed by atoms with Crippen molar-refractivity contribution in [2.75, 3.05) is 5.32 Å². The topological polar surface area (TPSA) is 49.3 Å². The average molecular weight is 316 g/mol. The zero-order valence-electron chi connectivity index (χ0n) is 10.4. The highest BCUT2D eigenvalue weighted by molar-refractivity contribution is 6.33. The lowest BCUT2D eigenvalue weighted by Crippen LogP contribution is -2.06. The molecular formula is C14H9ClF3NO2. The van der Waals surface area contributed by atoms with Crippen LogP contribution in [-0.2, 0) is 6.18 Å². The molecule has 0 spiro atoms. The lowest BCUT2D eigenvalue weighted by Gasteiger charge is -2.13. The van der Waals surface area contributed by atoms with Gasteiger partial charge in [-0.1, -0.05) is 23.7 Å². The monoisotopic (exact) mass is 315 g/mol. The minimum Gasteiger partial charge on any atom is -0.478 e. The van der Waals surface area contributed by atoms with Crippen LogP contribution in [0.2, 0.25) is 5.02 Å². The first kappa shape index (κ1) is 15.2. The normalized spacial score (nSPS) is 11.2. The van der Waals surface area contributed by atoms with E-state index in [-0.39, 0.29) is 22.0 Å². The molecular weight excluding hydrogens is 307 g/mol. The van der Waals surface area contributed by atoms with Gasteiger partial charge in [-0.3, -0.25) is 0 Å². The number of hydrogen-bond acceptors (Lipinski definition) is 2. The number of anilines is 2. The smallest absolute Gasteiger partial charge is 0.416 e. The summed E-state index contributed by atoms with van der Waals surface area (Å²) in [6, 6.07) is 8.84. The van der Waals surface area contributed by atoms with E-state index in [0.29, 0.717) is 0 Å². The lowest BCUT2D eigenvalue weighted by molar-refractivity contribution is -0.137. The van der Waals surface area contributed by atoms with Gasteiger partial charge < -0.3 is 10.4 Å². The Morgan fingerprint density at radius 2 is 1.76 bits per heavy atom. The van der Waals surface area contributed by atoms with E-state index in [1.165, 1.54) is 12.1 Å². The summed E-state index contributed by atoms with van der Waals surface area (Å²) < 4.78 is 37.6. The fraction of sp³-hybridized carbons (Fsp3) is 0.0714. The van der Waals surface area contributed by atoms with Gasteiger partial charge in [-0.05, 0) is 30.3 Å². The average Bonchev–Trinajstić information content (AvgIpc) is 2.40. The molecule has 0 bridgehead atoms. The number of benzene rings is 2. The molecule has 0 aliphatic rings. The van der Waals surface area contributed by atoms with Crippen LogP contribution in [-0.4, -0.2) is 11.1 Å². The predicted octanol–water partition coefficient (Wildman–Crippen LogP) is 4.80. The van der Waals surface area contributed by atoms with Crippen molar-refractivity contribution in [1.82, 2.24) is 0 Å². The van der Waals surface area contributed by atoms with Crippen molar-refractivity contribution >= 4 is 28.9 Å². The third-order valence-corrected chi connectivity index (χ3v) is 3.04. The molecule has 0 atom stereocenters. The summed E-state index contributed by atoms with van der Waals surface area (Å²) in [5.74, 6) is -1.15. The Labute approximate surface area is 123 Å². The Kier molecular flexibility index (Phi) is 4.09. The predicted molar refractivity (Wildman–Crippen MR) is 73.1 cm³/mol. The highest BCUT2D eigenvalue weighted by Gasteiger charge is 2.30. The number of carboxylic acid groups (broad SMARTS) is 1. The number of carbonyl (C=O) groups is 1. The molecule has 0 aliphatic heterocycles. The number of carboxylic acids is 1. The van der Waals surface area contributed by atoms with Crippen molar-refractivity contribution in [3.8, 4) is 0 Å². The Morgan fingerprint density at radius 3 is 2.33 bits per heavy atom. The first-order valence-corrected chi connectivity index (χ1v) is 6.13. The summed E-state index contributed by atoms with van der Waals surface area (Å²) in [4.78, 5) is 11.1. The molecule has 3 nitrogen and oxygen atoms in total. The van der Waals surface area contributed by atoms with E-state index in [1.54, 1.807) is 12.1 Å². The standard InChI is InChI=1S/C14H9ClF3NO2/c15-10-7-8(14(16,17)18)5-6-12(10)19-11-4-2-1-3-9(11)13(20)21/h1-7,19H,(H,20,21). The summed E-state index contributed by atoms with van der Waals surface area (Å²) in [6.45, 7) is 0. The molecule has 2 rings (SSSR count). The van der Waals surface area contributed by atoms with Gasteiger partial charge in [-0.15, -0.1) is 0 Å². The van der Waals surface area contributed by atoms with E-state index in [4.69, 9.17) is 16.7 Å². The van der Waals surface area contributed by atoms with Crippen molar-refractivity contribution in [2.24, 2.45) is 0 Å². The molecule has 2 N–H and O–H groups in total. The van der Waals surface area contributed by atoms with E-state index >= 15 is 0 Å². The molecule has 0 heterocycles. The Morgan fingerprint density at radius 1 is 1.10 bits per heavy atom. The van der Waals surface area contributed by atoms with Gasteiger partial charge >= 0.3 is 12.1 Å². The van der Waals surface area contributed by atoms with E-state index < -0.39 is 17.7 Å². The molecule has 110 valence electrons. The highest BCUT2D eigenvalue weighted by atomic mass is 35.5. The molecule has 0 amide bonds. The number of rotatable bonds is 3. The van der Waals surface area contributed by atoms with Crippen LogP contribution in [0.5, 0.6) is 0 Å². The summed E-state index contributed by atoms with van der Waals surface area (Å²) >= 11 is 5.81. The Bertz CT molecular complexity index is 686. The summed E-state index contributed by atoms with van der Waals surface area (Å²) in [6.07, 6.45) is -4.48. The molecule has 7 heteroatoms. The first-order valence-electron chi connectivity index (χ1n) is 5.75. The zero-order chi connectivity index (χ0) is 15.6. The molecule has 2 aromatic rings. The number of halogens is 4. The number of alkyl halides is 3. The molecule has 0 saturated heterocycles. The van der Waals surface area contributed by atoms with Gasteiger partial charge in [0.1, 0.15) is 0 Å². The van der Waals surface area contributed by atoms with Crippen LogP contribution >= 0.6 is 11.6 Å². The van der Waals surface area contributed by atoms with Crippen LogP contribution < -0.4 is 5.32 Å². The van der Waals surface area contributed by atoms with E-state index in [2.05, 4.69) is 5.32 Å². The van der Waals surface area contributed by atoms with Crippen molar-refractivity contribution in [3.63, 3.8) is 0 Å². The fourth-order valence-corrected chi connectivity index (χ4v) is 1.94.